The summed E-state index contributed by atoms with van der Waals surface area (Å²) in [5.74, 6) is 0. The Kier molecular flexibility index (Phi) is 6.00. The maximum absolute atomic E-state index is 4.50. The standard InChI is InChI=1S/C17H24BrN3/c1-4-10-21-17(15(18)12-20-21)16(19-5-2)11-14-9-7-6-8-13(14)3/h6-9,12,16,19H,4-5,10-11H2,1-3H3. The number of hydrogen-bond donors (Lipinski definition) is 1. The summed E-state index contributed by atoms with van der Waals surface area (Å²) in [7, 11) is 0. The molecule has 1 heterocycles. The average Bonchev–Trinajstić information content (AvgIpc) is 2.82. The molecule has 0 bridgehead atoms. The molecule has 1 N–H and O–H groups in total. The van der Waals surface area contributed by atoms with Gasteiger partial charge in [-0.25, -0.2) is 0 Å². The van der Waals surface area contributed by atoms with Crippen LogP contribution >= 0.6 is 15.9 Å². The molecule has 2 rings (SSSR count). The first kappa shape index (κ1) is 16.2. The van der Waals surface area contributed by atoms with Gasteiger partial charge in [-0.2, -0.15) is 5.10 Å². The van der Waals surface area contributed by atoms with Gasteiger partial charge < -0.3 is 5.32 Å². The van der Waals surface area contributed by atoms with Gasteiger partial charge in [0, 0.05) is 6.54 Å². The van der Waals surface area contributed by atoms with Crippen LogP contribution in [-0.4, -0.2) is 16.3 Å². The minimum absolute atomic E-state index is 0.277. The minimum Gasteiger partial charge on any atom is -0.309 e. The first-order valence-electron chi connectivity index (χ1n) is 7.66. The van der Waals surface area contributed by atoms with Gasteiger partial charge in [-0.1, -0.05) is 38.1 Å². The molecule has 1 atom stereocenters. The predicted octanol–water partition coefficient (Wildman–Crippen LogP) is 4.26. The number of nitrogens with one attached hydrogen (secondary N) is 1. The van der Waals surface area contributed by atoms with E-state index in [2.05, 4.69) is 76.1 Å². The third-order valence-corrected chi connectivity index (χ3v) is 4.35. The van der Waals surface area contributed by atoms with Crippen molar-refractivity contribution in [3.8, 4) is 0 Å². The maximum atomic E-state index is 4.50. The maximum Gasteiger partial charge on any atom is 0.0699 e. The largest absolute Gasteiger partial charge is 0.309 e. The second-order valence-corrected chi connectivity index (χ2v) is 6.20. The van der Waals surface area contributed by atoms with E-state index in [1.165, 1.54) is 16.8 Å². The second-order valence-electron chi connectivity index (χ2n) is 5.34. The van der Waals surface area contributed by atoms with Crippen molar-refractivity contribution in [3.05, 3.63) is 51.8 Å². The summed E-state index contributed by atoms with van der Waals surface area (Å²) in [6, 6.07) is 8.88. The SMILES string of the molecule is CCCn1ncc(Br)c1C(Cc1ccccc1C)NCC. The number of hydrogen-bond acceptors (Lipinski definition) is 2. The van der Waals surface area contributed by atoms with Crippen LogP contribution in [0.5, 0.6) is 0 Å². The van der Waals surface area contributed by atoms with Crippen LogP contribution in [0.15, 0.2) is 34.9 Å². The number of rotatable bonds is 7. The van der Waals surface area contributed by atoms with Crippen LogP contribution in [0, 0.1) is 6.92 Å². The van der Waals surface area contributed by atoms with Crippen LogP contribution < -0.4 is 5.32 Å². The van der Waals surface area contributed by atoms with Crippen molar-refractivity contribution in [2.45, 2.75) is 46.2 Å². The summed E-state index contributed by atoms with van der Waals surface area (Å²) in [5.41, 5.74) is 3.99. The van der Waals surface area contributed by atoms with Crippen molar-refractivity contribution < 1.29 is 0 Å². The Labute approximate surface area is 135 Å². The molecule has 3 nitrogen and oxygen atoms in total. The average molecular weight is 350 g/mol. The van der Waals surface area contributed by atoms with Gasteiger partial charge in [0.15, 0.2) is 0 Å². The molecule has 0 saturated carbocycles. The molecule has 0 amide bonds. The molecule has 21 heavy (non-hydrogen) atoms. The first-order valence-corrected chi connectivity index (χ1v) is 8.45. The molecule has 0 saturated heterocycles. The molecule has 114 valence electrons. The highest BCUT2D eigenvalue weighted by Gasteiger charge is 2.20. The van der Waals surface area contributed by atoms with Gasteiger partial charge in [0.25, 0.3) is 0 Å². The van der Waals surface area contributed by atoms with E-state index in [0.29, 0.717) is 0 Å². The fourth-order valence-corrected chi connectivity index (χ4v) is 3.25. The summed E-state index contributed by atoms with van der Waals surface area (Å²) >= 11 is 3.67. The molecule has 0 aliphatic rings. The van der Waals surface area contributed by atoms with Crippen molar-refractivity contribution >= 4 is 15.9 Å². The summed E-state index contributed by atoms with van der Waals surface area (Å²) in [4.78, 5) is 0. The zero-order valence-electron chi connectivity index (χ0n) is 13.1. The third kappa shape index (κ3) is 3.95. The Balaban J connectivity index is 2.31. The molecule has 2 aromatic rings. The summed E-state index contributed by atoms with van der Waals surface area (Å²) < 4.78 is 3.21. The predicted molar refractivity (Wildman–Crippen MR) is 91.5 cm³/mol. The molecule has 4 heteroatoms. The number of likely N-dealkylation sites (N-methyl/N-ethyl adjacent to an activating group) is 1. The zero-order chi connectivity index (χ0) is 15.2. The van der Waals surface area contributed by atoms with Crippen molar-refractivity contribution in [2.75, 3.05) is 6.54 Å². The van der Waals surface area contributed by atoms with Gasteiger partial charge in [-0.05, 0) is 53.4 Å². The highest BCUT2D eigenvalue weighted by Crippen LogP contribution is 2.27. The van der Waals surface area contributed by atoms with Gasteiger partial charge >= 0.3 is 0 Å². The van der Waals surface area contributed by atoms with Crippen LogP contribution in [0.3, 0.4) is 0 Å². The van der Waals surface area contributed by atoms with E-state index in [-0.39, 0.29) is 6.04 Å². The Morgan fingerprint density at radius 3 is 2.71 bits per heavy atom. The molecular formula is C17H24BrN3. The summed E-state index contributed by atoms with van der Waals surface area (Å²) in [5, 5.41) is 8.11. The number of aryl methyl sites for hydroxylation is 2. The van der Waals surface area contributed by atoms with Crippen LogP contribution in [0.25, 0.3) is 0 Å². The molecule has 0 radical (unpaired) electrons. The lowest BCUT2D eigenvalue weighted by Gasteiger charge is -2.21. The Morgan fingerprint density at radius 1 is 1.29 bits per heavy atom. The van der Waals surface area contributed by atoms with E-state index in [1.54, 1.807) is 0 Å². The van der Waals surface area contributed by atoms with Gasteiger partial charge in [-0.3, -0.25) is 4.68 Å². The molecule has 1 aromatic heterocycles. The van der Waals surface area contributed by atoms with Crippen LogP contribution in [0.2, 0.25) is 0 Å². The van der Waals surface area contributed by atoms with Gasteiger partial charge in [0.05, 0.1) is 22.4 Å². The first-order chi connectivity index (χ1) is 10.2. The van der Waals surface area contributed by atoms with Crippen LogP contribution in [-0.2, 0) is 13.0 Å². The van der Waals surface area contributed by atoms with Crippen molar-refractivity contribution in [1.29, 1.82) is 0 Å². The van der Waals surface area contributed by atoms with Gasteiger partial charge in [0.2, 0.25) is 0 Å². The number of halogens is 1. The minimum atomic E-state index is 0.277. The Bertz CT molecular complexity index is 577. The summed E-state index contributed by atoms with van der Waals surface area (Å²) in [6.45, 7) is 8.41. The molecule has 1 unspecified atom stereocenters. The van der Waals surface area contributed by atoms with Crippen LogP contribution in [0.4, 0.5) is 0 Å². The van der Waals surface area contributed by atoms with Crippen LogP contribution in [0.1, 0.15) is 43.1 Å². The van der Waals surface area contributed by atoms with Crippen molar-refractivity contribution in [3.63, 3.8) is 0 Å². The second kappa shape index (κ2) is 7.76. The number of aromatic nitrogens is 2. The number of nitrogens with zero attached hydrogens (tertiary/aromatic N) is 2. The highest BCUT2D eigenvalue weighted by atomic mass is 79.9. The summed E-state index contributed by atoms with van der Waals surface area (Å²) in [6.07, 6.45) is 3.98. The van der Waals surface area contributed by atoms with E-state index in [0.717, 1.165) is 30.4 Å². The van der Waals surface area contributed by atoms with E-state index in [4.69, 9.17) is 0 Å². The molecule has 0 aliphatic heterocycles. The monoisotopic (exact) mass is 349 g/mol. The Hall–Kier alpha value is -1.13. The molecule has 0 fully saturated rings. The van der Waals surface area contributed by atoms with E-state index >= 15 is 0 Å². The van der Waals surface area contributed by atoms with Crippen molar-refractivity contribution in [1.82, 2.24) is 15.1 Å². The molecule has 0 aliphatic carbocycles. The van der Waals surface area contributed by atoms with E-state index in [9.17, 15) is 0 Å². The lowest BCUT2D eigenvalue weighted by atomic mass is 9.99. The fraction of sp³-hybridized carbons (Fsp3) is 0.471. The van der Waals surface area contributed by atoms with Crippen molar-refractivity contribution in [2.24, 2.45) is 0 Å². The number of benzene rings is 1. The fourth-order valence-electron chi connectivity index (χ4n) is 2.68. The molecule has 1 aromatic carbocycles. The van der Waals surface area contributed by atoms with E-state index in [1.807, 2.05) is 6.20 Å². The smallest absolute Gasteiger partial charge is 0.0699 e. The Morgan fingerprint density at radius 2 is 2.05 bits per heavy atom. The van der Waals surface area contributed by atoms with Gasteiger partial charge in [-0.15, -0.1) is 0 Å². The normalized spacial score (nSPS) is 12.6. The zero-order valence-corrected chi connectivity index (χ0v) is 14.7. The lowest BCUT2D eigenvalue weighted by Crippen LogP contribution is -2.26. The third-order valence-electron chi connectivity index (χ3n) is 3.73. The lowest BCUT2D eigenvalue weighted by molar-refractivity contribution is 0.476. The van der Waals surface area contributed by atoms with Gasteiger partial charge in [0.1, 0.15) is 0 Å². The highest BCUT2D eigenvalue weighted by molar-refractivity contribution is 9.10. The molecular weight excluding hydrogens is 326 g/mol. The topological polar surface area (TPSA) is 29.9 Å². The quantitative estimate of drug-likeness (QED) is 0.809. The van der Waals surface area contributed by atoms with E-state index < -0.39 is 0 Å². The molecule has 0 spiro atoms.